The molecule has 0 unspecified atom stereocenters. The molecule has 0 amide bonds. The number of unbranched alkanes of at least 4 members (excludes halogenated alkanes) is 2. The normalized spacial score (nSPS) is 12.5. The Morgan fingerprint density at radius 3 is 2.15 bits per heavy atom. The second-order valence-electron chi connectivity index (χ2n) is 11.5. The predicted molar refractivity (Wildman–Crippen MR) is 153 cm³/mol. The summed E-state index contributed by atoms with van der Waals surface area (Å²) in [5, 5.41) is 12.1. The average Bonchev–Trinajstić information content (AvgIpc) is 3.10. The fourth-order valence-corrected chi connectivity index (χ4v) is 4.84. The van der Waals surface area contributed by atoms with Crippen molar-refractivity contribution in [2.75, 3.05) is 0 Å². The van der Waals surface area contributed by atoms with Crippen LogP contribution in [0.3, 0.4) is 0 Å². The third-order valence-electron chi connectivity index (χ3n) is 6.02. The minimum atomic E-state index is -2.04. The Hall–Kier alpha value is -2.65. The van der Waals surface area contributed by atoms with Gasteiger partial charge in [-0.05, 0) is 84.7 Å². The maximum absolute atomic E-state index is 13.1. The molecule has 0 aliphatic heterocycles. The van der Waals surface area contributed by atoms with E-state index in [1.807, 2.05) is 35.8 Å². The summed E-state index contributed by atoms with van der Waals surface area (Å²) >= 11 is 13.1. The van der Waals surface area contributed by atoms with E-state index in [1.54, 1.807) is 53.9 Å². The lowest BCUT2D eigenvalue weighted by Crippen LogP contribution is -2.60. The van der Waals surface area contributed by atoms with Gasteiger partial charge in [-0.2, -0.15) is 5.48 Å². The summed E-state index contributed by atoms with van der Waals surface area (Å²) < 4.78 is 13.1. The van der Waals surface area contributed by atoms with Gasteiger partial charge in [-0.15, -0.1) is 0 Å². The van der Waals surface area contributed by atoms with Crippen LogP contribution in [-0.4, -0.2) is 43.4 Å². The smallest absolute Gasteiger partial charge is 0.340 e. The molecule has 0 bridgehead atoms. The highest BCUT2D eigenvalue weighted by Gasteiger charge is 2.51. The number of nitrogens with one attached hydrogen (secondary N) is 1. The van der Waals surface area contributed by atoms with Gasteiger partial charge in [0.25, 0.3) is 0 Å². The van der Waals surface area contributed by atoms with Crippen molar-refractivity contribution in [3.63, 3.8) is 0 Å². The van der Waals surface area contributed by atoms with Gasteiger partial charge in [0.15, 0.2) is 0 Å². The number of hydrogen-bond acceptors (Lipinski definition) is 7. The van der Waals surface area contributed by atoms with E-state index in [2.05, 4.69) is 9.55 Å². The molecule has 10 heteroatoms. The molecule has 3 rings (SSSR count). The zero-order valence-corrected chi connectivity index (χ0v) is 24.8. The van der Waals surface area contributed by atoms with Crippen molar-refractivity contribution in [2.24, 2.45) is 0 Å². The summed E-state index contributed by atoms with van der Waals surface area (Å²) in [6, 6.07) is 9.42. The molecule has 2 N–H and O–H groups in total. The van der Waals surface area contributed by atoms with Gasteiger partial charge in [-0.25, -0.2) is 9.59 Å². The Labute approximate surface area is 239 Å². The molecule has 0 aliphatic carbocycles. The lowest BCUT2D eigenvalue weighted by Gasteiger charge is -2.33. The van der Waals surface area contributed by atoms with Crippen molar-refractivity contribution >= 4 is 46.0 Å². The molecule has 1 aromatic carbocycles. The molecule has 0 spiro atoms. The van der Waals surface area contributed by atoms with E-state index in [1.165, 1.54) is 0 Å². The topological polar surface area (TPSA) is 103 Å². The van der Waals surface area contributed by atoms with Gasteiger partial charge in [0.05, 0.1) is 16.2 Å². The Bertz CT molecular complexity index is 1280. The molecule has 0 fully saturated rings. The first-order valence-electron chi connectivity index (χ1n) is 12.9. The molecule has 39 heavy (non-hydrogen) atoms. The van der Waals surface area contributed by atoms with Crippen molar-refractivity contribution in [2.45, 2.75) is 90.5 Å². The largest absolute Gasteiger partial charge is 0.458 e. The number of benzene rings is 1. The number of nitrogens with zero attached hydrogens (tertiary/aromatic N) is 2. The van der Waals surface area contributed by atoms with Gasteiger partial charge in [0, 0.05) is 34.9 Å². The molecule has 8 nitrogen and oxygen atoms in total. The van der Waals surface area contributed by atoms with Crippen LogP contribution in [0.4, 0.5) is 0 Å². The second-order valence-corrected chi connectivity index (χ2v) is 12.4. The Morgan fingerprint density at radius 2 is 1.62 bits per heavy atom. The van der Waals surface area contributed by atoms with Crippen LogP contribution in [0.1, 0.15) is 67.2 Å². The number of rotatable bonds is 10. The predicted octanol–water partition coefficient (Wildman–Crippen LogP) is 6.97. The minimum absolute atomic E-state index is 0.00835. The highest BCUT2D eigenvalue weighted by Crippen LogP contribution is 2.39. The third kappa shape index (κ3) is 7.51. The van der Waals surface area contributed by atoms with E-state index in [-0.39, 0.29) is 6.42 Å². The lowest BCUT2D eigenvalue weighted by atomic mass is 9.92. The minimum Gasteiger partial charge on any atom is -0.458 e. The number of carbonyl (C=O) groups is 2. The molecule has 0 radical (unpaired) electrons. The van der Waals surface area contributed by atoms with Crippen LogP contribution in [0.25, 0.3) is 22.2 Å². The molecule has 0 saturated carbocycles. The van der Waals surface area contributed by atoms with E-state index in [0.29, 0.717) is 35.9 Å². The van der Waals surface area contributed by atoms with Crippen molar-refractivity contribution in [1.29, 1.82) is 0 Å². The van der Waals surface area contributed by atoms with Crippen molar-refractivity contribution < 1.29 is 24.3 Å². The van der Waals surface area contributed by atoms with Crippen LogP contribution >= 0.6 is 23.2 Å². The van der Waals surface area contributed by atoms with E-state index in [4.69, 9.17) is 32.7 Å². The number of esters is 2. The van der Waals surface area contributed by atoms with Crippen LogP contribution < -0.4 is 5.48 Å². The summed E-state index contributed by atoms with van der Waals surface area (Å²) in [5.41, 5.74) is 0.850. The number of hydrogen-bond donors (Lipinski definition) is 2. The highest BCUT2D eigenvalue weighted by atomic mass is 35.5. The van der Waals surface area contributed by atoms with Gasteiger partial charge < -0.3 is 19.2 Å². The van der Waals surface area contributed by atoms with Crippen LogP contribution in [-0.2, 0) is 25.6 Å². The third-order valence-corrected chi connectivity index (χ3v) is 6.64. The van der Waals surface area contributed by atoms with E-state index in [0.717, 1.165) is 22.2 Å². The first-order chi connectivity index (χ1) is 18.2. The number of aromatic nitrogens is 2. The van der Waals surface area contributed by atoms with Gasteiger partial charge in [-0.1, -0.05) is 36.0 Å². The SMILES string of the molecule is CC(C)(C)OC(=O)C(CCCCCn1c(-c2cccnc2)c(Cl)c2cc(Cl)ccc21)(NO)C(=O)OC(C)(C)C. The molecule has 2 heterocycles. The Kier molecular flexibility index (Phi) is 9.70. The maximum Gasteiger partial charge on any atom is 0.340 e. The standard InChI is InChI=1S/C29H37Cl2N3O5/c1-27(2,3)38-25(35)29(33-37,26(36)39-28(4,5)6)14-8-7-9-16-34-22-13-12-20(30)17-21(22)23(31)24(34)19-11-10-15-32-18-19/h10-13,15,17-18,33,37H,7-9,14,16H2,1-6H3. The quantitative estimate of drug-likeness (QED) is 0.116. The van der Waals surface area contributed by atoms with Crippen molar-refractivity contribution in [3.05, 3.63) is 52.8 Å². The van der Waals surface area contributed by atoms with Crippen molar-refractivity contribution in [3.8, 4) is 11.3 Å². The molecular weight excluding hydrogens is 541 g/mol. The summed E-state index contributed by atoms with van der Waals surface area (Å²) in [6.07, 6.45) is 5.25. The molecule has 2 aromatic heterocycles. The number of halogens is 2. The van der Waals surface area contributed by atoms with E-state index in [9.17, 15) is 14.8 Å². The first kappa shape index (κ1) is 30.9. The van der Waals surface area contributed by atoms with Crippen molar-refractivity contribution in [1.82, 2.24) is 15.0 Å². The van der Waals surface area contributed by atoms with Crippen LogP contribution in [0.15, 0.2) is 42.7 Å². The van der Waals surface area contributed by atoms with Gasteiger partial charge in [-0.3, -0.25) is 4.98 Å². The zero-order valence-electron chi connectivity index (χ0n) is 23.3. The average molecular weight is 579 g/mol. The molecule has 0 saturated heterocycles. The van der Waals surface area contributed by atoms with E-state index < -0.39 is 28.7 Å². The second kappa shape index (κ2) is 12.3. The van der Waals surface area contributed by atoms with Crippen LogP contribution in [0, 0.1) is 0 Å². The number of pyridine rings is 1. The summed E-state index contributed by atoms with van der Waals surface area (Å²) in [6.45, 7) is 10.8. The number of hydroxylamine groups is 1. The number of fused-ring (bicyclic) bond motifs is 1. The molecule has 0 aliphatic rings. The Balaban J connectivity index is 1.80. The summed E-state index contributed by atoms with van der Waals surface area (Å²) in [5.74, 6) is -1.77. The van der Waals surface area contributed by atoms with E-state index >= 15 is 0 Å². The number of ether oxygens (including phenoxy) is 2. The van der Waals surface area contributed by atoms with Gasteiger partial charge >= 0.3 is 11.9 Å². The highest BCUT2D eigenvalue weighted by molar-refractivity contribution is 6.39. The molecule has 3 aromatic rings. The molecular formula is C29H37Cl2N3O5. The summed E-state index contributed by atoms with van der Waals surface area (Å²) in [4.78, 5) is 30.5. The fourth-order valence-electron chi connectivity index (χ4n) is 4.31. The fraction of sp³-hybridized carbons (Fsp3) is 0.483. The molecule has 212 valence electrons. The number of carbonyl (C=O) groups excluding carboxylic acids is 2. The number of aryl methyl sites for hydroxylation is 1. The van der Waals surface area contributed by atoms with Crippen LogP contribution in [0.5, 0.6) is 0 Å². The Morgan fingerprint density at radius 1 is 0.974 bits per heavy atom. The van der Waals surface area contributed by atoms with Crippen LogP contribution in [0.2, 0.25) is 10.0 Å². The van der Waals surface area contributed by atoms with Gasteiger partial charge in [0.2, 0.25) is 5.54 Å². The zero-order chi connectivity index (χ0) is 29.0. The summed E-state index contributed by atoms with van der Waals surface area (Å²) in [7, 11) is 0. The first-order valence-corrected chi connectivity index (χ1v) is 13.7. The monoisotopic (exact) mass is 577 g/mol. The maximum atomic E-state index is 13.1. The van der Waals surface area contributed by atoms with Gasteiger partial charge in [0.1, 0.15) is 11.2 Å². The molecule has 0 atom stereocenters. The lowest BCUT2D eigenvalue weighted by molar-refractivity contribution is -0.186.